The van der Waals surface area contributed by atoms with Crippen molar-refractivity contribution in [1.82, 2.24) is 19.5 Å². The van der Waals surface area contributed by atoms with Gasteiger partial charge < -0.3 is 4.57 Å². The molecule has 0 spiro atoms. The van der Waals surface area contributed by atoms with Gasteiger partial charge in [-0.3, -0.25) is 0 Å². The number of aromatic nitrogens is 4. The Bertz CT molecular complexity index is 3560. The summed E-state index contributed by atoms with van der Waals surface area (Å²) in [6.07, 6.45) is 0. The van der Waals surface area contributed by atoms with Gasteiger partial charge in [-0.25, -0.2) is 15.0 Å². The van der Waals surface area contributed by atoms with Gasteiger partial charge in [0.05, 0.1) is 33.6 Å². The average Bonchev–Trinajstić information content (AvgIpc) is 3.68. The second kappa shape index (κ2) is 14.3. The highest BCUT2D eigenvalue weighted by molar-refractivity contribution is 6.29. The Morgan fingerprint density at radius 1 is 0.311 bits per heavy atom. The molecule has 0 fully saturated rings. The number of para-hydroxylation sites is 2. The normalized spacial score (nSPS) is 11.6. The molecule has 12 aromatic rings. The molecule has 0 radical (unpaired) electrons. The van der Waals surface area contributed by atoms with Crippen LogP contribution in [0.25, 0.3) is 116 Å². The first-order chi connectivity index (χ1) is 30.3. The van der Waals surface area contributed by atoms with Gasteiger partial charge in [0.2, 0.25) is 0 Å². The van der Waals surface area contributed by atoms with Crippen LogP contribution in [0.5, 0.6) is 0 Å². The quantitative estimate of drug-likeness (QED) is 0.158. The Hall–Kier alpha value is -8.21. The third-order valence-corrected chi connectivity index (χ3v) is 12.0. The first kappa shape index (κ1) is 34.8. The first-order valence-corrected chi connectivity index (χ1v) is 20.7. The van der Waals surface area contributed by atoms with E-state index in [9.17, 15) is 0 Å². The largest absolute Gasteiger partial charge is 0.309 e. The van der Waals surface area contributed by atoms with Crippen LogP contribution in [0, 0.1) is 0 Å². The summed E-state index contributed by atoms with van der Waals surface area (Å²) in [7, 11) is 0. The predicted octanol–water partition coefficient (Wildman–Crippen LogP) is 14.8. The average molecular weight is 777 g/mol. The minimum absolute atomic E-state index is 0.702. The van der Waals surface area contributed by atoms with Crippen LogP contribution in [-0.2, 0) is 0 Å². The summed E-state index contributed by atoms with van der Waals surface area (Å²) in [5.41, 5.74) is 13.6. The molecular weight excluding hydrogens is 741 g/mol. The molecule has 12 rings (SSSR count). The van der Waals surface area contributed by atoms with Crippen LogP contribution in [0.2, 0.25) is 0 Å². The zero-order chi connectivity index (χ0) is 40.3. The van der Waals surface area contributed by atoms with Crippen LogP contribution < -0.4 is 0 Å². The molecule has 3 aromatic heterocycles. The highest BCUT2D eigenvalue weighted by Gasteiger charge is 2.21. The lowest BCUT2D eigenvalue weighted by atomic mass is 9.91. The number of rotatable bonds is 6. The molecule has 0 atom stereocenters. The van der Waals surface area contributed by atoms with Gasteiger partial charge in [0.1, 0.15) is 0 Å². The second-order valence-corrected chi connectivity index (χ2v) is 15.5. The lowest BCUT2D eigenvalue weighted by Gasteiger charge is -2.15. The molecule has 0 saturated carbocycles. The van der Waals surface area contributed by atoms with Crippen LogP contribution in [-0.4, -0.2) is 19.5 Å². The monoisotopic (exact) mass is 776 g/mol. The van der Waals surface area contributed by atoms with Crippen molar-refractivity contribution in [2.45, 2.75) is 0 Å². The molecule has 0 saturated heterocycles. The lowest BCUT2D eigenvalue weighted by Crippen LogP contribution is -1.96. The Labute approximate surface area is 352 Å². The number of nitrogens with zero attached hydrogens (tertiary/aromatic N) is 4. The predicted molar refractivity (Wildman–Crippen MR) is 254 cm³/mol. The van der Waals surface area contributed by atoms with Gasteiger partial charge >= 0.3 is 0 Å². The minimum atomic E-state index is 0.702. The molecule has 4 heteroatoms. The number of fused-ring (bicyclic) bond motifs is 8. The zero-order valence-corrected chi connectivity index (χ0v) is 33.1. The third-order valence-electron chi connectivity index (χ3n) is 12.0. The standard InChI is InChI=1S/C57H36N4/c1-5-17-37(18-6-1)49-36-51(60-57(59-49)39-21-9-3-10-22-39)45-32-31-42(43-25-13-14-26-44(43)45)40-29-30-46-50(35-40)58-56(38-19-7-2-8-20-38)48-33-34-53-55(54(46)48)47-27-15-16-28-52(47)61(53)41-23-11-4-12-24-41/h1-36H. The molecule has 9 aromatic carbocycles. The molecule has 0 aliphatic carbocycles. The molecule has 0 aliphatic rings. The van der Waals surface area contributed by atoms with Gasteiger partial charge in [-0.15, -0.1) is 0 Å². The van der Waals surface area contributed by atoms with Crippen LogP contribution in [0.3, 0.4) is 0 Å². The van der Waals surface area contributed by atoms with Crippen molar-refractivity contribution in [3.05, 3.63) is 218 Å². The number of hydrogen-bond acceptors (Lipinski definition) is 3. The molecular formula is C57H36N4. The molecule has 0 bridgehead atoms. The van der Waals surface area contributed by atoms with Crippen molar-refractivity contribution in [1.29, 1.82) is 0 Å². The zero-order valence-electron chi connectivity index (χ0n) is 33.1. The minimum Gasteiger partial charge on any atom is -0.309 e. The molecule has 4 nitrogen and oxygen atoms in total. The smallest absolute Gasteiger partial charge is 0.160 e. The summed E-state index contributed by atoms with van der Waals surface area (Å²) in [5.74, 6) is 0.702. The SMILES string of the molecule is c1ccc(-c2cc(-c3ccc(-c4ccc5c(c4)nc(-c4ccccc4)c4ccc6c(c7ccccc7n6-c6ccccc6)c45)c4ccccc34)nc(-c3ccccc3)n2)cc1. The van der Waals surface area contributed by atoms with E-state index in [1.807, 2.05) is 24.3 Å². The van der Waals surface area contributed by atoms with Gasteiger partial charge in [0.15, 0.2) is 5.82 Å². The fourth-order valence-electron chi connectivity index (χ4n) is 9.23. The number of pyridine rings is 1. The fraction of sp³-hybridized carbons (Fsp3) is 0. The van der Waals surface area contributed by atoms with E-state index in [-0.39, 0.29) is 0 Å². The van der Waals surface area contributed by atoms with E-state index in [2.05, 4.69) is 199 Å². The maximum absolute atomic E-state index is 5.51. The van der Waals surface area contributed by atoms with Crippen LogP contribution in [0.15, 0.2) is 218 Å². The number of hydrogen-bond donors (Lipinski definition) is 0. The van der Waals surface area contributed by atoms with E-state index in [0.29, 0.717) is 5.82 Å². The van der Waals surface area contributed by atoms with E-state index < -0.39 is 0 Å². The van der Waals surface area contributed by atoms with Gasteiger partial charge in [-0.1, -0.05) is 182 Å². The first-order valence-electron chi connectivity index (χ1n) is 20.7. The Kier molecular flexibility index (Phi) is 8.13. The van der Waals surface area contributed by atoms with Crippen molar-refractivity contribution in [2.75, 3.05) is 0 Å². The molecule has 0 N–H and O–H groups in total. The summed E-state index contributed by atoms with van der Waals surface area (Å²) in [5, 5.41) is 8.22. The Morgan fingerprint density at radius 2 is 0.885 bits per heavy atom. The van der Waals surface area contributed by atoms with Crippen LogP contribution >= 0.6 is 0 Å². The van der Waals surface area contributed by atoms with Crippen LogP contribution in [0.4, 0.5) is 0 Å². The van der Waals surface area contributed by atoms with E-state index in [4.69, 9.17) is 15.0 Å². The topological polar surface area (TPSA) is 43.6 Å². The van der Waals surface area contributed by atoms with Crippen molar-refractivity contribution in [3.63, 3.8) is 0 Å². The Balaban J connectivity index is 1.09. The summed E-state index contributed by atoms with van der Waals surface area (Å²) >= 11 is 0. The molecule has 0 amide bonds. The van der Waals surface area contributed by atoms with Gasteiger partial charge in [-0.05, 0) is 58.3 Å². The van der Waals surface area contributed by atoms with Crippen molar-refractivity contribution in [2.24, 2.45) is 0 Å². The number of benzene rings is 9. The summed E-state index contributed by atoms with van der Waals surface area (Å²) in [6, 6.07) is 77.3. The van der Waals surface area contributed by atoms with Gasteiger partial charge in [0.25, 0.3) is 0 Å². The van der Waals surface area contributed by atoms with E-state index >= 15 is 0 Å². The van der Waals surface area contributed by atoms with E-state index in [0.717, 1.165) is 83.2 Å². The van der Waals surface area contributed by atoms with Crippen molar-refractivity contribution in [3.8, 4) is 62.0 Å². The van der Waals surface area contributed by atoms with Crippen LogP contribution in [0.1, 0.15) is 0 Å². The maximum atomic E-state index is 5.51. The van der Waals surface area contributed by atoms with Gasteiger partial charge in [-0.2, -0.15) is 0 Å². The Morgan fingerprint density at radius 3 is 1.62 bits per heavy atom. The van der Waals surface area contributed by atoms with Gasteiger partial charge in [0, 0.05) is 54.9 Å². The summed E-state index contributed by atoms with van der Waals surface area (Å²) in [6.45, 7) is 0. The second-order valence-electron chi connectivity index (χ2n) is 15.5. The van der Waals surface area contributed by atoms with E-state index in [1.54, 1.807) is 0 Å². The maximum Gasteiger partial charge on any atom is 0.160 e. The lowest BCUT2D eigenvalue weighted by molar-refractivity contribution is 1.18. The molecule has 0 aliphatic heterocycles. The van der Waals surface area contributed by atoms with Crippen molar-refractivity contribution < 1.29 is 0 Å². The highest BCUT2D eigenvalue weighted by Crippen LogP contribution is 2.44. The summed E-state index contributed by atoms with van der Waals surface area (Å²) in [4.78, 5) is 15.8. The molecule has 61 heavy (non-hydrogen) atoms. The molecule has 284 valence electrons. The third kappa shape index (κ3) is 5.80. The highest BCUT2D eigenvalue weighted by atomic mass is 15.0. The fourth-order valence-corrected chi connectivity index (χ4v) is 9.23. The molecule has 3 heterocycles. The van der Waals surface area contributed by atoms with E-state index in [1.165, 1.54) is 27.2 Å². The molecule has 0 unspecified atom stereocenters. The summed E-state index contributed by atoms with van der Waals surface area (Å²) < 4.78 is 2.39. The van der Waals surface area contributed by atoms with Crippen molar-refractivity contribution >= 4 is 54.3 Å².